The monoisotopic (exact) mass is 448 g/mol. The number of likely N-dealkylation sites (N-methyl/N-ethyl adjacent to an activating group) is 1. The molecule has 0 bridgehead atoms. The molecule has 0 amide bonds. The fourth-order valence-corrected chi connectivity index (χ4v) is 4.68. The van der Waals surface area contributed by atoms with Crippen LogP contribution in [-0.4, -0.2) is 55.6 Å². The fourth-order valence-electron chi connectivity index (χ4n) is 4.68. The molecule has 1 saturated heterocycles. The normalized spacial score (nSPS) is 18.4. The molecule has 33 heavy (non-hydrogen) atoms. The molecular formula is C23H28N8O2. The lowest BCUT2D eigenvalue weighted by atomic mass is 10.1. The number of aryl methyl sites for hydroxylation is 1. The zero-order valence-corrected chi connectivity index (χ0v) is 18.9. The molecule has 1 atom stereocenters. The van der Waals surface area contributed by atoms with Crippen molar-refractivity contribution in [1.29, 1.82) is 0 Å². The first kappa shape index (κ1) is 21.2. The SMILES string of the molecule is C=Cn1c(N2CCCC(N)C2)nc2c1c(=O)n(CC1=Nc3ccccc3CN1C)c(=O)n2C. The van der Waals surface area contributed by atoms with Gasteiger partial charge in [0.25, 0.3) is 5.56 Å². The number of nitrogens with two attached hydrogens (primary N) is 1. The van der Waals surface area contributed by atoms with Crippen LogP contribution >= 0.6 is 0 Å². The summed E-state index contributed by atoms with van der Waals surface area (Å²) in [5.74, 6) is 1.24. The topological polar surface area (TPSA) is 107 Å². The highest BCUT2D eigenvalue weighted by Gasteiger charge is 2.26. The van der Waals surface area contributed by atoms with Crippen LogP contribution in [0.3, 0.4) is 0 Å². The lowest BCUT2D eigenvalue weighted by Crippen LogP contribution is -2.44. The van der Waals surface area contributed by atoms with Crippen molar-refractivity contribution in [1.82, 2.24) is 23.6 Å². The van der Waals surface area contributed by atoms with Gasteiger partial charge in [-0.25, -0.2) is 9.79 Å². The maximum absolute atomic E-state index is 13.6. The van der Waals surface area contributed by atoms with Crippen LogP contribution in [0.2, 0.25) is 0 Å². The second kappa shape index (κ2) is 8.04. The van der Waals surface area contributed by atoms with Crippen molar-refractivity contribution in [3.05, 3.63) is 57.2 Å². The van der Waals surface area contributed by atoms with Crippen molar-refractivity contribution in [2.24, 2.45) is 17.8 Å². The Morgan fingerprint density at radius 1 is 1.24 bits per heavy atom. The Kier molecular flexibility index (Phi) is 5.16. The predicted octanol–water partition coefficient (Wildman–Crippen LogP) is 1.10. The molecule has 0 aliphatic carbocycles. The molecule has 10 heteroatoms. The largest absolute Gasteiger partial charge is 0.357 e. The van der Waals surface area contributed by atoms with Gasteiger partial charge in [-0.05, 0) is 24.5 Å². The first-order chi connectivity index (χ1) is 15.9. The van der Waals surface area contributed by atoms with Gasteiger partial charge in [-0.1, -0.05) is 24.8 Å². The number of fused-ring (bicyclic) bond motifs is 2. The van der Waals surface area contributed by atoms with Crippen LogP contribution in [0.15, 0.2) is 45.4 Å². The Morgan fingerprint density at radius 2 is 2.03 bits per heavy atom. The minimum atomic E-state index is -0.432. The van der Waals surface area contributed by atoms with E-state index in [2.05, 4.69) is 16.5 Å². The van der Waals surface area contributed by atoms with E-state index in [4.69, 9.17) is 10.7 Å². The van der Waals surface area contributed by atoms with Gasteiger partial charge in [-0.15, -0.1) is 0 Å². The van der Waals surface area contributed by atoms with E-state index in [0.717, 1.165) is 30.6 Å². The molecule has 1 unspecified atom stereocenters. The molecule has 1 fully saturated rings. The van der Waals surface area contributed by atoms with Crippen molar-refractivity contribution < 1.29 is 0 Å². The zero-order chi connectivity index (χ0) is 23.3. The van der Waals surface area contributed by atoms with Crippen LogP contribution in [0.25, 0.3) is 17.4 Å². The average Bonchev–Trinajstić information content (AvgIpc) is 3.20. The first-order valence-corrected chi connectivity index (χ1v) is 11.1. The number of aliphatic imine (C=N–C) groups is 1. The van der Waals surface area contributed by atoms with Crippen LogP contribution in [0.1, 0.15) is 18.4 Å². The minimum absolute atomic E-state index is 0.0417. The van der Waals surface area contributed by atoms with Crippen LogP contribution in [0, 0.1) is 0 Å². The van der Waals surface area contributed by atoms with Gasteiger partial charge in [0.15, 0.2) is 11.2 Å². The number of amidine groups is 1. The van der Waals surface area contributed by atoms with E-state index in [1.165, 1.54) is 9.13 Å². The third-order valence-electron chi connectivity index (χ3n) is 6.47. The molecule has 2 aliphatic rings. The molecule has 4 heterocycles. The van der Waals surface area contributed by atoms with E-state index in [9.17, 15) is 9.59 Å². The van der Waals surface area contributed by atoms with Crippen LogP contribution in [0.5, 0.6) is 0 Å². The number of imidazole rings is 1. The Labute approximate surface area is 190 Å². The molecule has 0 saturated carbocycles. The summed E-state index contributed by atoms with van der Waals surface area (Å²) in [4.78, 5) is 40.2. The van der Waals surface area contributed by atoms with Gasteiger partial charge in [-0.2, -0.15) is 4.98 Å². The van der Waals surface area contributed by atoms with Gasteiger partial charge in [0.2, 0.25) is 5.95 Å². The fraction of sp³-hybridized carbons (Fsp3) is 0.391. The third kappa shape index (κ3) is 3.46. The standard InChI is InChI=1S/C23H28N8O2/c1-4-30-19-20(26-22(30)29-11-7-9-16(24)13-29)28(3)23(33)31(21(19)32)14-18-25-17-10-6-5-8-15(17)12-27(18)2/h4-6,8,10,16H,1,7,9,11-14,24H2,2-3H3. The number of benzene rings is 1. The van der Waals surface area contributed by atoms with E-state index in [-0.39, 0.29) is 12.6 Å². The number of aromatic nitrogens is 4. The molecule has 1 aromatic carbocycles. The second-order valence-corrected chi connectivity index (χ2v) is 8.73. The van der Waals surface area contributed by atoms with Crippen LogP contribution < -0.4 is 21.9 Å². The molecule has 10 nitrogen and oxygen atoms in total. The summed E-state index contributed by atoms with van der Waals surface area (Å²) in [5, 5.41) is 0. The molecule has 0 spiro atoms. The summed E-state index contributed by atoms with van der Waals surface area (Å²) >= 11 is 0. The Balaban J connectivity index is 1.64. The smallest absolute Gasteiger partial charge is 0.332 e. The quantitative estimate of drug-likeness (QED) is 0.641. The summed E-state index contributed by atoms with van der Waals surface area (Å²) in [5.41, 5.74) is 7.93. The van der Waals surface area contributed by atoms with Crippen molar-refractivity contribution in [2.75, 3.05) is 25.0 Å². The van der Waals surface area contributed by atoms with Crippen molar-refractivity contribution in [3.8, 4) is 0 Å². The molecule has 2 N–H and O–H groups in total. The van der Waals surface area contributed by atoms with E-state index in [1.807, 2.05) is 36.2 Å². The maximum atomic E-state index is 13.6. The van der Waals surface area contributed by atoms with Gasteiger partial charge < -0.3 is 15.5 Å². The minimum Gasteiger partial charge on any atom is -0.357 e. The van der Waals surface area contributed by atoms with Crippen LogP contribution in [0.4, 0.5) is 11.6 Å². The van der Waals surface area contributed by atoms with Crippen molar-refractivity contribution >= 4 is 34.8 Å². The van der Waals surface area contributed by atoms with E-state index < -0.39 is 11.2 Å². The van der Waals surface area contributed by atoms with Gasteiger partial charge in [0.1, 0.15) is 5.84 Å². The second-order valence-electron chi connectivity index (χ2n) is 8.73. The van der Waals surface area contributed by atoms with Gasteiger partial charge in [0.05, 0.1) is 12.2 Å². The van der Waals surface area contributed by atoms with Gasteiger partial charge in [-0.3, -0.25) is 18.5 Å². The average molecular weight is 449 g/mol. The number of anilines is 1. The molecule has 5 rings (SSSR count). The lowest BCUT2D eigenvalue weighted by Gasteiger charge is -2.31. The highest BCUT2D eigenvalue weighted by Crippen LogP contribution is 2.26. The molecule has 2 aromatic heterocycles. The highest BCUT2D eigenvalue weighted by atomic mass is 16.2. The van der Waals surface area contributed by atoms with E-state index >= 15 is 0 Å². The number of hydrogen-bond donors (Lipinski definition) is 1. The number of rotatable bonds is 4. The van der Waals surface area contributed by atoms with Gasteiger partial charge >= 0.3 is 5.69 Å². The van der Waals surface area contributed by atoms with E-state index in [1.54, 1.807) is 17.8 Å². The van der Waals surface area contributed by atoms with Crippen LogP contribution in [-0.2, 0) is 20.1 Å². The molecule has 0 radical (unpaired) electrons. The van der Waals surface area contributed by atoms with Gasteiger partial charge in [0, 0.05) is 46.0 Å². The Morgan fingerprint density at radius 3 is 2.79 bits per heavy atom. The highest BCUT2D eigenvalue weighted by molar-refractivity contribution is 5.87. The number of hydrogen-bond acceptors (Lipinski definition) is 7. The third-order valence-corrected chi connectivity index (χ3v) is 6.47. The Bertz CT molecular complexity index is 1400. The molecule has 172 valence electrons. The number of nitrogens with zero attached hydrogens (tertiary/aromatic N) is 7. The summed E-state index contributed by atoms with van der Waals surface area (Å²) in [7, 11) is 3.54. The summed E-state index contributed by atoms with van der Waals surface area (Å²) in [6.45, 7) is 6.06. The predicted molar refractivity (Wildman–Crippen MR) is 130 cm³/mol. The molecule has 3 aromatic rings. The van der Waals surface area contributed by atoms with Crippen molar-refractivity contribution in [2.45, 2.75) is 32.0 Å². The van der Waals surface area contributed by atoms with E-state index in [0.29, 0.717) is 36.0 Å². The first-order valence-electron chi connectivity index (χ1n) is 11.1. The Hall–Kier alpha value is -3.66. The molecule has 2 aliphatic heterocycles. The summed E-state index contributed by atoms with van der Waals surface area (Å²) in [6.07, 6.45) is 3.47. The van der Waals surface area contributed by atoms with Crippen molar-refractivity contribution in [3.63, 3.8) is 0 Å². The zero-order valence-electron chi connectivity index (χ0n) is 18.9. The molecular weight excluding hydrogens is 420 g/mol. The number of piperidine rings is 1. The lowest BCUT2D eigenvalue weighted by molar-refractivity contribution is 0.469. The summed E-state index contributed by atoms with van der Waals surface area (Å²) in [6, 6.07) is 7.92. The number of para-hydroxylation sites is 1. The maximum Gasteiger partial charge on any atom is 0.332 e. The summed E-state index contributed by atoms with van der Waals surface area (Å²) < 4.78 is 4.31.